The van der Waals surface area contributed by atoms with Gasteiger partial charge < -0.3 is 24.4 Å². The Kier molecular flexibility index (Phi) is 8.81. The zero-order valence-corrected chi connectivity index (χ0v) is 25.9. The van der Waals surface area contributed by atoms with Crippen LogP contribution in [0.2, 0.25) is 0 Å². The van der Waals surface area contributed by atoms with E-state index in [4.69, 9.17) is 14.7 Å². The van der Waals surface area contributed by atoms with Crippen LogP contribution in [0, 0.1) is 5.92 Å². The number of hydrogen-bond acceptors (Lipinski definition) is 7. The second-order valence-corrected chi connectivity index (χ2v) is 12.2. The van der Waals surface area contributed by atoms with Gasteiger partial charge in [0.15, 0.2) is 5.82 Å². The van der Waals surface area contributed by atoms with Crippen LogP contribution in [0.5, 0.6) is 5.75 Å². The van der Waals surface area contributed by atoms with Crippen molar-refractivity contribution in [2.75, 3.05) is 70.2 Å². The number of hydrogen-bond donors (Lipinski definition) is 1. The van der Waals surface area contributed by atoms with Crippen molar-refractivity contribution in [2.45, 2.75) is 45.1 Å². The third-order valence-corrected chi connectivity index (χ3v) is 9.61. The lowest BCUT2D eigenvalue weighted by molar-refractivity contribution is 0.0982. The van der Waals surface area contributed by atoms with Crippen LogP contribution >= 0.6 is 0 Å². The monoisotopic (exact) mass is 569 g/mol. The maximum atomic E-state index is 5.92. The van der Waals surface area contributed by atoms with E-state index in [2.05, 4.69) is 94.3 Å². The van der Waals surface area contributed by atoms with Crippen LogP contribution in [0.1, 0.15) is 44.0 Å². The van der Waals surface area contributed by atoms with Gasteiger partial charge in [0.05, 0.1) is 12.6 Å². The Labute approximate surface area is 251 Å². The molecule has 1 atom stereocenters. The molecular weight excluding hydrogens is 522 g/mol. The van der Waals surface area contributed by atoms with Crippen LogP contribution in [0.3, 0.4) is 0 Å². The largest absolute Gasteiger partial charge is 0.496 e. The molecule has 1 aromatic carbocycles. The molecule has 8 heteroatoms. The molecular formula is C34H47N7O. The van der Waals surface area contributed by atoms with Gasteiger partial charge in [0, 0.05) is 88.8 Å². The minimum absolute atomic E-state index is 0.591. The van der Waals surface area contributed by atoms with Crippen LogP contribution in [0.4, 0.5) is 11.5 Å². The van der Waals surface area contributed by atoms with Crippen LogP contribution in [0.25, 0.3) is 11.0 Å². The van der Waals surface area contributed by atoms with Crippen LogP contribution in [-0.4, -0.2) is 90.3 Å². The predicted octanol–water partition coefficient (Wildman–Crippen LogP) is 5.11. The molecule has 1 unspecified atom stereocenters. The fourth-order valence-electron chi connectivity index (χ4n) is 6.91. The topological polar surface area (TPSA) is 61.7 Å². The molecule has 0 saturated carbocycles. The molecule has 2 aromatic heterocycles. The van der Waals surface area contributed by atoms with Crippen molar-refractivity contribution >= 4 is 22.5 Å². The van der Waals surface area contributed by atoms with Gasteiger partial charge in [0.1, 0.15) is 17.1 Å². The summed E-state index contributed by atoms with van der Waals surface area (Å²) in [7, 11) is 6.06. The third kappa shape index (κ3) is 6.20. The number of anilines is 2. The Morgan fingerprint density at radius 2 is 1.81 bits per heavy atom. The van der Waals surface area contributed by atoms with Gasteiger partial charge in [-0.05, 0) is 56.4 Å². The smallest absolute Gasteiger partial charge is 0.154 e. The summed E-state index contributed by atoms with van der Waals surface area (Å²) in [6.45, 7) is 10.0. The molecule has 8 nitrogen and oxygen atoms in total. The number of rotatable bonds is 9. The fraction of sp³-hybridized carbons (Fsp3) is 0.529. The van der Waals surface area contributed by atoms with Crippen molar-refractivity contribution in [3.05, 3.63) is 65.7 Å². The summed E-state index contributed by atoms with van der Waals surface area (Å²) >= 11 is 0. The summed E-state index contributed by atoms with van der Waals surface area (Å²) < 4.78 is 8.03. The number of aromatic nitrogens is 3. The lowest BCUT2D eigenvalue weighted by atomic mass is 9.89. The molecule has 4 heterocycles. The number of benzene rings is 1. The molecule has 0 radical (unpaired) electrons. The van der Waals surface area contributed by atoms with Crippen molar-refractivity contribution in [2.24, 2.45) is 13.0 Å². The van der Waals surface area contributed by atoms with Crippen molar-refractivity contribution in [3.8, 4) is 5.75 Å². The Hall–Kier alpha value is -3.36. The minimum Gasteiger partial charge on any atom is -0.496 e. The molecule has 3 aliphatic rings. The molecule has 2 fully saturated rings. The van der Waals surface area contributed by atoms with E-state index < -0.39 is 0 Å². The van der Waals surface area contributed by atoms with Gasteiger partial charge in [-0.2, -0.15) is 0 Å². The summed E-state index contributed by atoms with van der Waals surface area (Å²) in [6.07, 6.45) is 14.1. The second kappa shape index (κ2) is 12.9. The quantitative estimate of drug-likeness (QED) is 0.384. The van der Waals surface area contributed by atoms with Gasteiger partial charge in [-0.25, -0.2) is 9.97 Å². The van der Waals surface area contributed by atoms with E-state index >= 15 is 0 Å². The number of nitrogens with zero attached hydrogens (tertiary/aromatic N) is 6. The predicted molar refractivity (Wildman–Crippen MR) is 173 cm³/mol. The van der Waals surface area contributed by atoms with Crippen molar-refractivity contribution in [3.63, 3.8) is 0 Å². The first kappa shape index (κ1) is 28.7. The van der Waals surface area contributed by atoms with Crippen LogP contribution in [0.15, 0.2) is 54.3 Å². The van der Waals surface area contributed by atoms with E-state index in [0.29, 0.717) is 18.4 Å². The number of aryl methyl sites for hydroxylation is 1. The summed E-state index contributed by atoms with van der Waals surface area (Å²) in [5, 5.41) is 3.67. The number of piperazine rings is 1. The summed E-state index contributed by atoms with van der Waals surface area (Å²) in [6, 6.07) is 9.46. The normalized spacial score (nSPS) is 20.7. The van der Waals surface area contributed by atoms with E-state index in [-0.39, 0.29) is 0 Å². The standard InChI is InChI=1S/C34H47N7O/c1-5-25-8-6-7-9-27(25)24-35-34-33-30(14-15-39(33)3)36-32(37-34)22-26-10-11-29(23-31(26)42-4)40-16-12-28(13-17-40)41-20-18-38(2)19-21-41/h6-7,9-11,14-15,23,25,28H,5,8,12-13,16-22,24H2,1-4H3,(H,35,36,37). The van der Waals surface area contributed by atoms with E-state index in [1.165, 1.54) is 50.3 Å². The average molecular weight is 570 g/mol. The molecule has 224 valence electrons. The lowest BCUT2D eigenvalue weighted by Gasteiger charge is -2.42. The fourth-order valence-corrected chi connectivity index (χ4v) is 6.91. The highest BCUT2D eigenvalue weighted by Gasteiger charge is 2.27. The van der Waals surface area contributed by atoms with Gasteiger partial charge in [-0.15, -0.1) is 0 Å². The highest BCUT2D eigenvalue weighted by atomic mass is 16.5. The van der Waals surface area contributed by atoms with Gasteiger partial charge >= 0.3 is 0 Å². The Morgan fingerprint density at radius 1 is 1.00 bits per heavy atom. The summed E-state index contributed by atoms with van der Waals surface area (Å²) in [4.78, 5) is 17.7. The number of nitrogens with one attached hydrogen (secondary N) is 1. The molecule has 6 rings (SSSR count). The average Bonchev–Trinajstić information content (AvgIpc) is 3.41. The van der Waals surface area contributed by atoms with Gasteiger partial charge in [0.2, 0.25) is 0 Å². The van der Waals surface area contributed by atoms with Crippen molar-refractivity contribution in [1.82, 2.24) is 24.3 Å². The molecule has 0 spiro atoms. The number of ether oxygens (including phenoxy) is 1. The number of allylic oxidation sites excluding steroid dienone is 3. The molecule has 2 aliphatic heterocycles. The maximum Gasteiger partial charge on any atom is 0.154 e. The molecule has 1 N–H and O–H groups in total. The zero-order valence-electron chi connectivity index (χ0n) is 25.9. The molecule has 0 amide bonds. The number of likely N-dealkylation sites (N-methyl/N-ethyl adjacent to an activating group) is 1. The van der Waals surface area contributed by atoms with E-state index in [0.717, 1.165) is 66.5 Å². The molecule has 42 heavy (non-hydrogen) atoms. The zero-order chi connectivity index (χ0) is 29.1. The summed E-state index contributed by atoms with van der Waals surface area (Å²) in [5.74, 6) is 3.20. The van der Waals surface area contributed by atoms with Crippen molar-refractivity contribution in [1.29, 1.82) is 0 Å². The minimum atomic E-state index is 0.591. The summed E-state index contributed by atoms with van der Waals surface area (Å²) in [5.41, 5.74) is 5.80. The van der Waals surface area contributed by atoms with Gasteiger partial charge in [0.25, 0.3) is 0 Å². The van der Waals surface area contributed by atoms with E-state index in [1.807, 2.05) is 0 Å². The van der Waals surface area contributed by atoms with Crippen LogP contribution in [-0.2, 0) is 13.5 Å². The molecule has 3 aromatic rings. The molecule has 0 bridgehead atoms. The van der Waals surface area contributed by atoms with Crippen LogP contribution < -0.4 is 15.0 Å². The lowest BCUT2D eigenvalue weighted by Crippen LogP contribution is -2.52. The first-order chi connectivity index (χ1) is 20.5. The highest BCUT2D eigenvalue weighted by Crippen LogP contribution is 2.31. The molecule has 2 saturated heterocycles. The van der Waals surface area contributed by atoms with E-state index in [9.17, 15) is 0 Å². The van der Waals surface area contributed by atoms with Gasteiger partial charge in [-0.3, -0.25) is 4.90 Å². The first-order valence-corrected chi connectivity index (χ1v) is 15.8. The van der Waals surface area contributed by atoms with Crippen molar-refractivity contribution < 1.29 is 4.74 Å². The van der Waals surface area contributed by atoms with Gasteiger partial charge in [-0.1, -0.05) is 31.2 Å². The maximum absolute atomic E-state index is 5.92. The Bertz CT molecular complexity index is 1430. The third-order valence-electron chi connectivity index (χ3n) is 9.61. The second-order valence-electron chi connectivity index (χ2n) is 12.2. The first-order valence-electron chi connectivity index (χ1n) is 15.8. The Morgan fingerprint density at radius 3 is 2.57 bits per heavy atom. The number of fused-ring (bicyclic) bond motifs is 1. The highest BCUT2D eigenvalue weighted by molar-refractivity contribution is 5.86. The Balaban J connectivity index is 1.16. The number of piperidine rings is 1. The van der Waals surface area contributed by atoms with E-state index in [1.54, 1.807) is 7.11 Å². The molecule has 1 aliphatic carbocycles. The SMILES string of the molecule is CCC1CC=CC=C1CNc1nc(Cc2ccc(N3CCC(N4CCN(C)CC4)CC3)cc2OC)nc2ccn(C)c12. The number of methoxy groups -OCH3 is 1.